The van der Waals surface area contributed by atoms with Gasteiger partial charge >= 0.3 is 0 Å². The standard InChI is InChI=1S/C20H21F2N3O4/c1-12-17(19(28)24-20(2,10-26)11-27)25-8-4-7-16(18(25)23-12)29-9-13-14(21)5-3-6-15(13)22/h3-8,26-27H,9-11H2,1-2H3,(H,24,28). The van der Waals surface area contributed by atoms with Crippen LogP contribution in [0.3, 0.4) is 0 Å². The van der Waals surface area contributed by atoms with Crippen LogP contribution in [0.5, 0.6) is 5.75 Å². The van der Waals surface area contributed by atoms with Gasteiger partial charge in [-0.1, -0.05) is 6.07 Å². The van der Waals surface area contributed by atoms with Crippen molar-refractivity contribution in [2.24, 2.45) is 0 Å². The van der Waals surface area contributed by atoms with Gasteiger partial charge in [-0.25, -0.2) is 13.8 Å². The van der Waals surface area contributed by atoms with Gasteiger partial charge in [0.2, 0.25) is 0 Å². The molecule has 7 nitrogen and oxygen atoms in total. The molecule has 3 aromatic rings. The molecule has 9 heteroatoms. The summed E-state index contributed by atoms with van der Waals surface area (Å²) in [5, 5.41) is 21.4. The minimum Gasteiger partial charge on any atom is -0.485 e. The average Bonchev–Trinajstić information content (AvgIpc) is 3.04. The second-order valence-electron chi connectivity index (χ2n) is 6.93. The van der Waals surface area contributed by atoms with Gasteiger partial charge in [0.1, 0.15) is 23.9 Å². The normalized spacial score (nSPS) is 11.7. The number of imidazole rings is 1. The number of aromatic nitrogens is 2. The van der Waals surface area contributed by atoms with Crippen molar-refractivity contribution in [2.75, 3.05) is 13.2 Å². The lowest BCUT2D eigenvalue weighted by Gasteiger charge is -2.26. The fraction of sp³-hybridized carbons (Fsp3) is 0.300. The summed E-state index contributed by atoms with van der Waals surface area (Å²) in [5.74, 6) is -1.74. The summed E-state index contributed by atoms with van der Waals surface area (Å²) in [5.41, 5.74) is -0.548. The van der Waals surface area contributed by atoms with Crippen LogP contribution in [-0.2, 0) is 6.61 Å². The molecule has 0 saturated carbocycles. The minimum absolute atomic E-state index is 0.190. The summed E-state index contributed by atoms with van der Waals surface area (Å²) in [6, 6.07) is 6.74. The number of carbonyl (C=O) groups is 1. The van der Waals surface area contributed by atoms with Crippen LogP contribution in [0, 0.1) is 18.6 Å². The maximum atomic E-state index is 13.8. The summed E-state index contributed by atoms with van der Waals surface area (Å²) >= 11 is 0. The number of aliphatic hydroxyl groups is 2. The number of carbonyl (C=O) groups excluding carboxylic acids is 1. The molecule has 1 amide bonds. The van der Waals surface area contributed by atoms with E-state index in [0.29, 0.717) is 11.3 Å². The van der Waals surface area contributed by atoms with Gasteiger partial charge in [0.15, 0.2) is 11.4 Å². The molecule has 0 saturated heterocycles. The van der Waals surface area contributed by atoms with E-state index in [0.717, 1.165) is 12.1 Å². The van der Waals surface area contributed by atoms with Crippen molar-refractivity contribution < 1.29 is 28.5 Å². The number of fused-ring (bicyclic) bond motifs is 1. The Hall–Kier alpha value is -3.04. The molecule has 0 aliphatic rings. The van der Waals surface area contributed by atoms with Crippen LogP contribution in [0.15, 0.2) is 36.5 Å². The van der Waals surface area contributed by atoms with E-state index < -0.39 is 36.3 Å². The molecule has 3 rings (SSSR count). The molecule has 1 aromatic carbocycles. The van der Waals surface area contributed by atoms with Crippen molar-refractivity contribution in [3.8, 4) is 5.75 Å². The first-order chi connectivity index (χ1) is 13.8. The lowest BCUT2D eigenvalue weighted by atomic mass is 10.1. The van der Waals surface area contributed by atoms with Crippen LogP contribution in [0.25, 0.3) is 5.65 Å². The Bertz CT molecular complexity index is 1030. The Morgan fingerprint density at radius 1 is 1.21 bits per heavy atom. The van der Waals surface area contributed by atoms with Crippen molar-refractivity contribution in [1.29, 1.82) is 0 Å². The smallest absolute Gasteiger partial charge is 0.270 e. The molecule has 0 spiro atoms. The number of pyridine rings is 1. The molecular formula is C20H21F2N3O4. The molecular weight excluding hydrogens is 384 g/mol. The predicted octanol–water partition coefficient (Wildman–Crippen LogP) is 1.97. The number of benzene rings is 1. The van der Waals surface area contributed by atoms with Crippen molar-refractivity contribution in [3.05, 3.63) is 65.1 Å². The van der Waals surface area contributed by atoms with Crippen LogP contribution < -0.4 is 10.1 Å². The number of aryl methyl sites for hydroxylation is 1. The van der Waals surface area contributed by atoms with Crippen LogP contribution >= 0.6 is 0 Å². The SMILES string of the molecule is Cc1nc2c(OCc3c(F)cccc3F)cccn2c1C(=O)NC(C)(CO)CO. The summed E-state index contributed by atoms with van der Waals surface area (Å²) < 4.78 is 34.7. The Kier molecular flexibility index (Phi) is 5.81. The minimum atomic E-state index is -1.20. The van der Waals surface area contributed by atoms with E-state index in [1.807, 2.05) is 0 Å². The summed E-state index contributed by atoms with van der Waals surface area (Å²) in [6.07, 6.45) is 1.59. The third kappa shape index (κ3) is 4.06. The lowest BCUT2D eigenvalue weighted by molar-refractivity contribution is 0.0718. The average molecular weight is 405 g/mol. The number of ether oxygens (including phenoxy) is 1. The highest BCUT2D eigenvalue weighted by atomic mass is 19.1. The first kappa shape index (κ1) is 20.7. The topological polar surface area (TPSA) is 96.1 Å². The first-order valence-corrected chi connectivity index (χ1v) is 8.87. The number of aliphatic hydroxyl groups excluding tert-OH is 2. The van der Waals surface area contributed by atoms with E-state index in [9.17, 15) is 23.8 Å². The third-order valence-corrected chi connectivity index (χ3v) is 4.55. The zero-order valence-corrected chi connectivity index (χ0v) is 15.9. The van der Waals surface area contributed by atoms with Gasteiger partial charge in [0.25, 0.3) is 5.91 Å². The van der Waals surface area contributed by atoms with E-state index in [-0.39, 0.29) is 23.6 Å². The van der Waals surface area contributed by atoms with Gasteiger partial charge in [-0.05, 0) is 38.1 Å². The number of rotatable bonds is 7. The molecule has 0 atom stereocenters. The van der Waals surface area contributed by atoms with Gasteiger partial charge < -0.3 is 20.3 Å². The highest BCUT2D eigenvalue weighted by Gasteiger charge is 2.28. The molecule has 3 N–H and O–H groups in total. The quantitative estimate of drug-likeness (QED) is 0.559. The number of hydrogen-bond acceptors (Lipinski definition) is 5. The highest BCUT2D eigenvalue weighted by molar-refractivity contribution is 5.95. The zero-order valence-electron chi connectivity index (χ0n) is 15.9. The van der Waals surface area contributed by atoms with Crippen LogP contribution in [-0.4, -0.2) is 44.3 Å². The highest BCUT2D eigenvalue weighted by Crippen LogP contribution is 2.24. The molecule has 0 unspecified atom stereocenters. The Morgan fingerprint density at radius 3 is 2.48 bits per heavy atom. The molecule has 0 radical (unpaired) electrons. The second-order valence-corrected chi connectivity index (χ2v) is 6.93. The fourth-order valence-electron chi connectivity index (χ4n) is 2.82. The van der Waals surface area contributed by atoms with Crippen molar-refractivity contribution in [3.63, 3.8) is 0 Å². The predicted molar refractivity (Wildman–Crippen MR) is 101 cm³/mol. The number of nitrogens with zero attached hydrogens (tertiary/aromatic N) is 2. The molecule has 0 aliphatic heterocycles. The summed E-state index contributed by atoms with van der Waals surface area (Å²) in [7, 11) is 0. The molecule has 2 aromatic heterocycles. The van der Waals surface area contributed by atoms with E-state index in [1.54, 1.807) is 25.3 Å². The third-order valence-electron chi connectivity index (χ3n) is 4.55. The zero-order chi connectivity index (χ0) is 21.2. The van der Waals surface area contributed by atoms with Crippen molar-refractivity contribution in [2.45, 2.75) is 26.0 Å². The molecule has 0 fully saturated rings. The van der Waals surface area contributed by atoms with Gasteiger partial charge in [-0.15, -0.1) is 0 Å². The number of nitrogens with one attached hydrogen (secondary N) is 1. The maximum absolute atomic E-state index is 13.8. The maximum Gasteiger partial charge on any atom is 0.270 e. The number of amides is 1. The Labute approximate surface area is 165 Å². The van der Waals surface area contributed by atoms with Crippen LogP contribution in [0.2, 0.25) is 0 Å². The molecule has 0 bridgehead atoms. The van der Waals surface area contributed by atoms with Crippen LogP contribution in [0.1, 0.15) is 28.7 Å². The summed E-state index contributed by atoms with van der Waals surface area (Å²) in [6.45, 7) is 1.87. The van der Waals surface area contributed by atoms with Crippen molar-refractivity contribution in [1.82, 2.24) is 14.7 Å². The Morgan fingerprint density at radius 2 is 1.86 bits per heavy atom. The number of hydrogen-bond donors (Lipinski definition) is 3. The van der Waals surface area contributed by atoms with E-state index >= 15 is 0 Å². The van der Waals surface area contributed by atoms with Gasteiger partial charge in [-0.2, -0.15) is 0 Å². The largest absolute Gasteiger partial charge is 0.485 e. The van der Waals surface area contributed by atoms with Gasteiger partial charge in [0.05, 0.1) is 30.0 Å². The van der Waals surface area contributed by atoms with Gasteiger partial charge in [-0.3, -0.25) is 9.20 Å². The van der Waals surface area contributed by atoms with E-state index in [4.69, 9.17) is 4.74 Å². The summed E-state index contributed by atoms with van der Waals surface area (Å²) in [4.78, 5) is 17.1. The van der Waals surface area contributed by atoms with E-state index in [2.05, 4.69) is 10.3 Å². The number of halogens is 2. The molecule has 154 valence electrons. The fourth-order valence-corrected chi connectivity index (χ4v) is 2.82. The van der Waals surface area contributed by atoms with Gasteiger partial charge in [0, 0.05) is 6.20 Å². The monoisotopic (exact) mass is 405 g/mol. The molecule has 29 heavy (non-hydrogen) atoms. The lowest BCUT2D eigenvalue weighted by Crippen LogP contribution is -2.52. The van der Waals surface area contributed by atoms with Crippen molar-refractivity contribution >= 4 is 11.6 Å². The van der Waals surface area contributed by atoms with E-state index in [1.165, 1.54) is 17.4 Å². The first-order valence-electron chi connectivity index (χ1n) is 8.87. The molecule has 0 aliphatic carbocycles. The molecule has 2 heterocycles. The second kappa shape index (κ2) is 8.14. The van der Waals surface area contributed by atoms with Crippen LogP contribution in [0.4, 0.5) is 8.78 Å². The Balaban J connectivity index is 1.93.